The van der Waals surface area contributed by atoms with E-state index in [-0.39, 0.29) is 0 Å². The summed E-state index contributed by atoms with van der Waals surface area (Å²) in [6, 6.07) is 5.54. The molecule has 6 nitrogen and oxygen atoms in total. The van der Waals surface area contributed by atoms with E-state index in [2.05, 4.69) is 11.8 Å². The van der Waals surface area contributed by atoms with Crippen molar-refractivity contribution in [2.24, 2.45) is 5.92 Å². The summed E-state index contributed by atoms with van der Waals surface area (Å²) in [7, 11) is -3.49. The molecule has 2 aliphatic heterocycles. The minimum absolute atomic E-state index is 0.293. The van der Waals surface area contributed by atoms with Crippen LogP contribution in [0.2, 0.25) is 0 Å². The van der Waals surface area contributed by atoms with Crippen LogP contribution in [0.4, 0.5) is 0 Å². The van der Waals surface area contributed by atoms with Crippen molar-refractivity contribution >= 4 is 10.0 Å². The quantitative estimate of drug-likeness (QED) is 0.806. The molecule has 1 aliphatic carbocycles. The lowest BCUT2D eigenvalue weighted by Crippen LogP contribution is -2.52. The fourth-order valence-corrected chi connectivity index (χ4v) is 5.69. The predicted octanol–water partition coefficient (Wildman–Crippen LogP) is 2.34. The van der Waals surface area contributed by atoms with Crippen molar-refractivity contribution in [3.63, 3.8) is 0 Å². The van der Waals surface area contributed by atoms with E-state index in [9.17, 15) is 8.42 Å². The van der Waals surface area contributed by atoms with E-state index in [1.807, 2.05) is 0 Å². The van der Waals surface area contributed by atoms with Gasteiger partial charge in [-0.25, -0.2) is 8.42 Å². The maximum atomic E-state index is 13.0. The largest absolute Gasteiger partial charge is 0.486 e. The molecule has 1 aromatic carbocycles. The van der Waals surface area contributed by atoms with Crippen LogP contribution in [0.25, 0.3) is 0 Å². The van der Waals surface area contributed by atoms with Crippen molar-refractivity contribution < 1.29 is 17.9 Å². The summed E-state index contributed by atoms with van der Waals surface area (Å²) in [5.74, 6) is 1.97. The smallest absolute Gasteiger partial charge is 0.243 e. The molecule has 2 heterocycles. The Bertz CT molecular complexity index is 736. The van der Waals surface area contributed by atoms with E-state index in [1.165, 1.54) is 25.7 Å². The van der Waals surface area contributed by atoms with E-state index in [1.54, 1.807) is 22.5 Å². The number of rotatable bonds is 3. The molecule has 0 aromatic heterocycles. The highest BCUT2D eigenvalue weighted by atomic mass is 32.2. The molecule has 0 spiro atoms. The summed E-state index contributed by atoms with van der Waals surface area (Å²) in [5, 5.41) is 0. The van der Waals surface area contributed by atoms with Gasteiger partial charge in [-0.3, -0.25) is 4.90 Å². The van der Waals surface area contributed by atoms with E-state index in [0.29, 0.717) is 48.7 Å². The maximum absolute atomic E-state index is 13.0. The normalized spacial score (nSPS) is 28.0. The van der Waals surface area contributed by atoms with Crippen molar-refractivity contribution in [2.45, 2.75) is 43.5 Å². The lowest BCUT2D eigenvalue weighted by atomic mass is 9.86. The van der Waals surface area contributed by atoms with Crippen LogP contribution in [0, 0.1) is 5.92 Å². The molecule has 4 rings (SSSR count). The Morgan fingerprint density at radius 1 is 0.923 bits per heavy atom. The second kappa shape index (κ2) is 7.37. The van der Waals surface area contributed by atoms with E-state index in [4.69, 9.17) is 9.47 Å². The third kappa shape index (κ3) is 3.57. The predicted molar refractivity (Wildman–Crippen MR) is 99.2 cm³/mol. The van der Waals surface area contributed by atoms with Crippen LogP contribution in [-0.2, 0) is 10.0 Å². The van der Waals surface area contributed by atoms with Crippen LogP contribution in [0.3, 0.4) is 0 Å². The topological polar surface area (TPSA) is 59.1 Å². The van der Waals surface area contributed by atoms with Crippen molar-refractivity contribution in [1.29, 1.82) is 0 Å². The Morgan fingerprint density at radius 3 is 2.27 bits per heavy atom. The number of ether oxygens (including phenoxy) is 2. The molecule has 2 fully saturated rings. The van der Waals surface area contributed by atoms with E-state index < -0.39 is 10.0 Å². The van der Waals surface area contributed by atoms with Gasteiger partial charge in [0.2, 0.25) is 10.0 Å². The Balaban J connectivity index is 1.42. The van der Waals surface area contributed by atoms with Gasteiger partial charge in [-0.2, -0.15) is 4.31 Å². The number of nitrogens with zero attached hydrogens (tertiary/aromatic N) is 2. The highest BCUT2D eigenvalue weighted by Gasteiger charge is 2.32. The fourth-order valence-electron chi connectivity index (χ4n) is 4.25. The number of hydrogen-bond acceptors (Lipinski definition) is 5. The van der Waals surface area contributed by atoms with Crippen LogP contribution in [0.1, 0.15) is 32.6 Å². The van der Waals surface area contributed by atoms with Gasteiger partial charge in [-0.15, -0.1) is 0 Å². The second-order valence-corrected chi connectivity index (χ2v) is 9.60. The van der Waals surface area contributed by atoms with Gasteiger partial charge in [-0.05, 0) is 43.7 Å². The Hall–Kier alpha value is -1.31. The maximum Gasteiger partial charge on any atom is 0.243 e. The lowest BCUT2D eigenvalue weighted by molar-refractivity contribution is 0.101. The highest BCUT2D eigenvalue weighted by molar-refractivity contribution is 7.89. The van der Waals surface area contributed by atoms with Crippen LogP contribution >= 0.6 is 0 Å². The Morgan fingerprint density at radius 2 is 1.58 bits per heavy atom. The molecule has 0 amide bonds. The standard InChI is InChI=1S/C19H28N2O4S/c1-15-2-4-16(5-3-15)20-8-10-21(11-9-20)26(22,23)17-6-7-18-19(14-17)25-13-12-24-18/h6-7,14-16H,2-5,8-13H2,1H3. The number of hydrogen-bond donors (Lipinski definition) is 0. The summed E-state index contributed by atoms with van der Waals surface area (Å²) in [6.45, 7) is 6.04. The molecule has 1 aromatic rings. The minimum atomic E-state index is -3.49. The molecule has 1 saturated heterocycles. The van der Waals surface area contributed by atoms with Crippen molar-refractivity contribution in [2.75, 3.05) is 39.4 Å². The number of fused-ring (bicyclic) bond motifs is 1. The molecule has 0 atom stereocenters. The van der Waals surface area contributed by atoms with Gasteiger partial charge in [0.05, 0.1) is 4.90 Å². The van der Waals surface area contributed by atoms with Crippen LogP contribution in [0.15, 0.2) is 23.1 Å². The monoisotopic (exact) mass is 380 g/mol. The van der Waals surface area contributed by atoms with Gasteiger partial charge in [0.1, 0.15) is 13.2 Å². The van der Waals surface area contributed by atoms with Crippen LogP contribution in [0.5, 0.6) is 11.5 Å². The Labute approximate surface area is 156 Å². The number of piperazine rings is 1. The SMILES string of the molecule is CC1CCC(N2CCN(S(=O)(=O)c3ccc4c(c3)OCCO4)CC2)CC1. The lowest BCUT2D eigenvalue weighted by Gasteiger charge is -2.41. The molecular weight excluding hydrogens is 352 g/mol. The first kappa shape index (κ1) is 18.1. The average molecular weight is 381 g/mol. The zero-order valence-corrected chi connectivity index (χ0v) is 16.2. The summed E-state index contributed by atoms with van der Waals surface area (Å²) < 4.78 is 38.7. The molecule has 144 valence electrons. The first-order chi connectivity index (χ1) is 12.5. The van der Waals surface area contributed by atoms with Crippen LogP contribution in [-0.4, -0.2) is 63.1 Å². The number of benzene rings is 1. The first-order valence-electron chi connectivity index (χ1n) is 9.68. The summed E-state index contributed by atoms with van der Waals surface area (Å²) in [6.07, 6.45) is 5.08. The summed E-state index contributed by atoms with van der Waals surface area (Å²) in [5.41, 5.74) is 0. The third-order valence-corrected chi connectivity index (χ3v) is 7.82. The molecule has 0 N–H and O–H groups in total. The van der Waals surface area contributed by atoms with Gasteiger partial charge in [-0.1, -0.05) is 6.92 Å². The van der Waals surface area contributed by atoms with Crippen molar-refractivity contribution in [3.05, 3.63) is 18.2 Å². The third-order valence-electron chi connectivity index (χ3n) is 5.93. The van der Waals surface area contributed by atoms with E-state index >= 15 is 0 Å². The number of sulfonamides is 1. The van der Waals surface area contributed by atoms with Crippen molar-refractivity contribution in [3.8, 4) is 11.5 Å². The van der Waals surface area contributed by atoms with Gasteiger partial charge < -0.3 is 9.47 Å². The van der Waals surface area contributed by atoms with Gasteiger partial charge >= 0.3 is 0 Å². The zero-order chi connectivity index (χ0) is 18.1. The minimum Gasteiger partial charge on any atom is -0.486 e. The molecular formula is C19H28N2O4S. The highest BCUT2D eigenvalue weighted by Crippen LogP contribution is 2.34. The molecule has 0 unspecified atom stereocenters. The molecule has 26 heavy (non-hydrogen) atoms. The molecule has 0 radical (unpaired) electrons. The zero-order valence-electron chi connectivity index (χ0n) is 15.4. The first-order valence-corrected chi connectivity index (χ1v) is 11.1. The molecule has 7 heteroatoms. The average Bonchev–Trinajstić information content (AvgIpc) is 2.68. The molecule has 1 saturated carbocycles. The summed E-state index contributed by atoms with van der Waals surface area (Å²) in [4.78, 5) is 2.78. The second-order valence-electron chi connectivity index (χ2n) is 7.66. The Kier molecular flexibility index (Phi) is 5.12. The molecule has 0 bridgehead atoms. The van der Waals surface area contributed by atoms with Gasteiger partial charge in [0, 0.05) is 38.3 Å². The summed E-state index contributed by atoms with van der Waals surface area (Å²) >= 11 is 0. The van der Waals surface area contributed by atoms with Gasteiger partial charge in [0.25, 0.3) is 0 Å². The van der Waals surface area contributed by atoms with Crippen LogP contribution < -0.4 is 9.47 Å². The molecule has 3 aliphatic rings. The van der Waals surface area contributed by atoms with Crippen molar-refractivity contribution in [1.82, 2.24) is 9.21 Å². The fraction of sp³-hybridized carbons (Fsp3) is 0.684. The van der Waals surface area contributed by atoms with Gasteiger partial charge in [0.15, 0.2) is 11.5 Å². The van der Waals surface area contributed by atoms with E-state index in [0.717, 1.165) is 19.0 Å².